The smallest absolute Gasteiger partial charge is 0.306 e. The molecule has 0 bridgehead atoms. The number of carbonyl (C=O) groups is 1. The molecule has 0 rings (SSSR count). The standard InChI is InChI=1S/C17H32O2/c1-3-5-7-8-9-10-11-12-13-14-15-17(18)19-16-6-4-2/h12-13H,3-11,14-16H2,1-2H3/b13-12+. The van der Waals surface area contributed by atoms with E-state index in [1.165, 1.54) is 38.5 Å². The molecule has 0 unspecified atom stereocenters. The fourth-order valence-corrected chi connectivity index (χ4v) is 1.88. The maximum atomic E-state index is 11.3. The number of allylic oxidation sites excluding steroid dienone is 2. The van der Waals surface area contributed by atoms with Crippen LogP contribution in [0.4, 0.5) is 0 Å². The van der Waals surface area contributed by atoms with Crippen molar-refractivity contribution >= 4 is 5.97 Å². The molecule has 2 heteroatoms. The van der Waals surface area contributed by atoms with Crippen LogP contribution in [-0.2, 0) is 9.53 Å². The van der Waals surface area contributed by atoms with Gasteiger partial charge in [0.15, 0.2) is 0 Å². The normalized spacial score (nSPS) is 11.1. The molecule has 0 fully saturated rings. The van der Waals surface area contributed by atoms with Gasteiger partial charge in [-0.1, -0.05) is 64.5 Å². The Morgan fingerprint density at radius 3 is 2.21 bits per heavy atom. The summed E-state index contributed by atoms with van der Waals surface area (Å²) in [6.07, 6.45) is 16.9. The second-order valence-corrected chi connectivity index (χ2v) is 5.14. The summed E-state index contributed by atoms with van der Waals surface area (Å²) in [6.45, 7) is 4.92. The van der Waals surface area contributed by atoms with Crippen LogP contribution in [0.15, 0.2) is 12.2 Å². The lowest BCUT2D eigenvalue weighted by atomic mass is 10.1. The van der Waals surface area contributed by atoms with Crippen LogP contribution in [0.2, 0.25) is 0 Å². The molecular formula is C17H32O2. The number of carbonyl (C=O) groups excluding carboxylic acids is 1. The lowest BCUT2D eigenvalue weighted by molar-refractivity contribution is -0.143. The minimum absolute atomic E-state index is 0.0577. The lowest BCUT2D eigenvalue weighted by Crippen LogP contribution is -2.04. The maximum absolute atomic E-state index is 11.3. The van der Waals surface area contributed by atoms with Crippen molar-refractivity contribution in [3.63, 3.8) is 0 Å². The molecule has 0 saturated heterocycles. The Kier molecular flexibility index (Phi) is 14.6. The molecule has 0 aliphatic rings. The first-order valence-corrected chi connectivity index (χ1v) is 8.11. The molecule has 0 spiro atoms. The van der Waals surface area contributed by atoms with Gasteiger partial charge in [-0.3, -0.25) is 4.79 Å². The third-order valence-electron chi connectivity index (χ3n) is 3.17. The van der Waals surface area contributed by atoms with Crippen LogP contribution in [-0.4, -0.2) is 12.6 Å². The minimum atomic E-state index is -0.0577. The lowest BCUT2D eigenvalue weighted by Gasteiger charge is -2.01. The van der Waals surface area contributed by atoms with Gasteiger partial charge in [0.2, 0.25) is 0 Å². The molecular weight excluding hydrogens is 236 g/mol. The Hall–Kier alpha value is -0.790. The Balaban J connectivity index is 3.22. The van der Waals surface area contributed by atoms with E-state index >= 15 is 0 Å². The van der Waals surface area contributed by atoms with E-state index in [1.54, 1.807) is 0 Å². The van der Waals surface area contributed by atoms with Crippen LogP contribution >= 0.6 is 0 Å². The average Bonchev–Trinajstić information content (AvgIpc) is 2.41. The number of rotatable bonds is 13. The maximum Gasteiger partial charge on any atom is 0.306 e. The Bertz CT molecular complexity index is 221. The van der Waals surface area contributed by atoms with Crippen LogP contribution in [0, 0.1) is 0 Å². The van der Waals surface area contributed by atoms with E-state index in [1.807, 2.05) is 0 Å². The first kappa shape index (κ1) is 18.2. The zero-order valence-corrected chi connectivity index (χ0v) is 13.0. The van der Waals surface area contributed by atoms with Crippen LogP contribution in [0.1, 0.15) is 84.5 Å². The van der Waals surface area contributed by atoms with Gasteiger partial charge in [0, 0.05) is 6.42 Å². The topological polar surface area (TPSA) is 26.3 Å². The van der Waals surface area contributed by atoms with Crippen LogP contribution < -0.4 is 0 Å². The largest absolute Gasteiger partial charge is 0.466 e. The number of hydrogen-bond acceptors (Lipinski definition) is 2. The zero-order chi connectivity index (χ0) is 14.2. The molecule has 0 amide bonds. The number of unbranched alkanes of at least 4 members (excludes halogenated alkanes) is 7. The third kappa shape index (κ3) is 15.2. The van der Waals surface area contributed by atoms with E-state index in [0.717, 1.165) is 25.7 Å². The third-order valence-corrected chi connectivity index (χ3v) is 3.17. The van der Waals surface area contributed by atoms with Crippen molar-refractivity contribution < 1.29 is 9.53 Å². The fourth-order valence-electron chi connectivity index (χ4n) is 1.88. The summed E-state index contributed by atoms with van der Waals surface area (Å²) in [5, 5.41) is 0. The van der Waals surface area contributed by atoms with Gasteiger partial charge >= 0.3 is 5.97 Å². The molecule has 112 valence electrons. The highest BCUT2D eigenvalue weighted by Gasteiger charge is 1.99. The van der Waals surface area contributed by atoms with E-state index in [0.29, 0.717) is 13.0 Å². The molecule has 0 aliphatic carbocycles. The molecule has 0 heterocycles. The van der Waals surface area contributed by atoms with E-state index in [-0.39, 0.29) is 5.97 Å². The Morgan fingerprint density at radius 2 is 1.47 bits per heavy atom. The molecule has 0 aromatic rings. The van der Waals surface area contributed by atoms with Crippen molar-refractivity contribution in [2.75, 3.05) is 6.61 Å². The van der Waals surface area contributed by atoms with Crippen molar-refractivity contribution in [1.82, 2.24) is 0 Å². The summed E-state index contributed by atoms with van der Waals surface area (Å²) in [5.74, 6) is -0.0577. The fraction of sp³-hybridized carbons (Fsp3) is 0.824. The predicted molar refractivity (Wildman–Crippen MR) is 82.2 cm³/mol. The second-order valence-electron chi connectivity index (χ2n) is 5.14. The van der Waals surface area contributed by atoms with Gasteiger partial charge in [0.05, 0.1) is 6.61 Å². The quantitative estimate of drug-likeness (QED) is 0.253. The molecule has 2 nitrogen and oxygen atoms in total. The zero-order valence-electron chi connectivity index (χ0n) is 13.0. The molecule has 0 aliphatic heterocycles. The summed E-state index contributed by atoms with van der Waals surface area (Å²) >= 11 is 0. The van der Waals surface area contributed by atoms with Crippen LogP contribution in [0.3, 0.4) is 0 Å². The molecule has 0 saturated carbocycles. The minimum Gasteiger partial charge on any atom is -0.466 e. The van der Waals surface area contributed by atoms with E-state index in [9.17, 15) is 4.79 Å². The van der Waals surface area contributed by atoms with Crippen molar-refractivity contribution in [1.29, 1.82) is 0 Å². The van der Waals surface area contributed by atoms with Gasteiger partial charge in [-0.25, -0.2) is 0 Å². The van der Waals surface area contributed by atoms with Crippen LogP contribution in [0.25, 0.3) is 0 Å². The van der Waals surface area contributed by atoms with Crippen molar-refractivity contribution in [2.45, 2.75) is 84.5 Å². The highest BCUT2D eigenvalue weighted by atomic mass is 16.5. The van der Waals surface area contributed by atoms with Gasteiger partial charge in [0.1, 0.15) is 0 Å². The number of ether oxygens (including phenoxy) is 1. The van der Waals surface area contributed by atoms with Gasteiger partial charge in [-0.05, 0) is 25.7 Å². The highest BCUT2D eigenvalue weighted by Crippen LogP contribution is 2.07. The molecule has 19 heavy (non-hydrogen) atoms. The Morgan fingerprint density at radius 1 is 0.842 bits per heavy atom. The monoisotopic (exact) mass is 268 g/mol. The predicted octanol–water partition coefficient (Wildman–Crippen LogP) is 5.42. The average molecular weight is 268 g/mol. The summed E-state index contributed by atoms with van der Waals surface area (Å²) < 4.78 is 5.09. The highest BCUT2D eigenvalue weighted by molar-refractivity contribution is 5.69. The van der Waals surface area contributed by atoms with Gasteiger partial charge in [-0.2, -0.15) is 0 Å². The van der Waals surface area contributed by atoms with Crippen molar-refractivity contribution in [3.8, 4) is 0 Å². The van der Waals surface area contributed by atoms with Gasteiger partial charge in [0.25, 0.3) is 0 Å². The Labute approximate surface area is 119 Å². The van der Waals surface area contributed by atoms with E-state index in [4.69, 9.17) is 4.74 Å². The first-order chi connectivity index (χ1) is 9.31. The SMILES string of the molecule is CCCCCCCC/C=C/CCC(=O)OCCCC. The summed E-state index contributed by atoms with van der Waals surface area (Å²) in [6, 6.07) is 0. The van der Waals surface area contributed by atoms with E-state index < -0.39 is 0 Å². The molecule has 0 N–H and O–H groups in total. The van der Waals surface area contributed by atoms with Crippen LogP contribution in [0.5, 0.6) is 0 Å². The van der Waals surface area contributed by atoms with Gasteiger partial charge < -0.3 is 4.74 Å². The molecule has 0 aromatic carbocycles. The molecule has 0 radical (unpaired) electrons. The second kappa shape index (κ2) is 15.3. The molecule has 0 atom stereocenters. The summed E-state index contributed by atoms with van der Waals surface area (Å²) in [7, 11) is 0. The van der Waals surface area contributed by atoms with E-state index in [2.05, 4.69) is 26.0 Å². The summed E-state index contributed by atoms with van der Waals surface area (Å²) in [5.41, 5.74) is 0. The molecule has 0 aromatic heterocycles. The number of hydrogen-bond donors (Lipinski definition) is 0. The van der Waals surface area contributed by atoms with Gasteiger partial charge in [-0.15, -0.1) is 0 Å². The van der Waals surface area contributed by atoms with Crippen molar-refractivity contribution in [2.24, 2.45) is 0 Å². The summed E-state index contributed by atoms with van der Waals surface area (Å²) in [4.78, 5) is 11.3. The number of esters is 1. The first-order valence-electron chi connectivity index (χ1n) is 8.11. The van der Waals surface area contributed by atoms with Crippen molar-refractivity contribution in [3.05, 3.63) is 12.2 Å².